The van der Waals surface area contributed by atoms with E-state index in [2.05, 4.69) is 39.8 Å². The van der Waals surface area contributed by atoms with Crippen LogP contribution in [-0.4, -0.2) is 34.6 Å². The number of thioether (sulfide) groups is 1. The van der Waals surface area contributed by atoms with Crippen molar-refractivity contribution in [2.45, 2.75) is 19.9 Å². The Labute approximate surface area is 118 Å². The van der Waals surface area contributed by atoms with Gasteiger partial charge in [-0.25, -0.2) is 4.98 Å². The molecule has 1 aromatic heterocycles. The minimum Gasteiger partial charge on any atom is -0.366 e. The molecule has 0 aliphatic heterocycles. The number of nitrogens with one attached hydrogen (secondary N) is 2. The van der Waals surface area contributed by atoms with Crippen LogP contribution < -0.4 is 10.6 Å². The third kappa shape index (κ3) is 3.50. The molecule has 0 saturated heterocycles. The summed E-state index contributed by atoms with van der Waals surface area (Å²) >= 11 is 1.83. The van der Waals surface area contributed by atoms with Gasteiger partial charge in [-0.05, 0) is 32.2 Å². The molecule has 1 unspecified atom stereocenters. The fourth-order valence-electron chi connectivity index (χ4n) is 1.95. The molecular formula is C14H20N4S. The zero-order chi connectivity index (χ0) is 13.7. The number of benzene rings is 1. The summed E-state index contributed by atoms with van der Waals surface area (Å²) in [7, 11) is 0. The summed E-state index contributed by atoms with van der Waals surface area (Å²) in [6, 6.07) is 8.47. The zero-order valence-corrected chi connectivity index (χ0v) is 12.4. The largest absolute Gasteiger partial charge is 0.366 e. The van der Waals surface area contributed by atoms with Gasteiger partial charge in [0.15, 0.2) is 0 Å². The van der Waals surface area contributed by atoms with Crippen LogP contribution in [0.15, 0.2) is 24.3 Å². The number of fused-ring (bicyclic) bond motifs is 1. The van der Waals surface area contributed by atoms with Crippen LogP contribution in [0, 0.1) is 0 Å². The van der Waals surface area contributed by atoms with Crippen LogP contribution in [0.5, 0.6) is 0 Å². The van der Waals surface area contributed by atoms with Crippen molar-refractivity contribution in [1.82, 2.24) is 9.97 Å². The first-order chi connectivity index (χ1) is 9.24. The molecule has 0 saturated carbocycles. The molecule has 0 amide bonds. The van der Waals surface area contributed by atoms with Crippen molar-refractivity contribution in [3.05, 3.63) is 24.3 Å². The van der Waals surface area contributed by atoms with Gasteiger partial charge in [-0.2, -0.15) is 16.7 Å². The first-order valence-electron chi connectivity index (χ1n) is 6.50. The van der Waals surface area contributed by atoms with Crippen molar-refractivity contribution < 1.29 is 0 Å². The third-order valence-corrected chi connectivity index (χ3v) is 3.57. The van der Waals surface area contributed by atoms with Crippen LogP contribution in [0.2, 0.25) is 0 Å². The highest BCUT2D eigenvalue weighted by molar-refractivity contribution is 7.98. The normalized spacial score (nSPS) is 12.4. The van der Waals surface area contributed by atoms with Gasteiger partial charge < -0.3 is 10.6 Å². The lowest BCUT2D eigenvalue weighted by Crippen LogP contribution is -2.19. The monoisotopic (exact) mass is 276 g/mol. The number of aromatic nitrogens is 2. The molecule has 0 aliphatic carbocycles. The lowest BCUT2D eigenvalue weighted by atomic mass is 10.2. The Morgan fingerprint density at radius 1 is 1.26 bits per heavy atom. The maximum absolute atomic E-state index is 4.57. The molecular weight excluding hydrogens is 256 g/mol. The van der Waals surface area contributed by atoms with Crippen LogP contribution in [0.1, 0.15) is 13.8 Å². The minimum atomic E-state index is 0.378. The first kappa shape index (κ1) is 13.9. The molecule has 102 valence electrons. The Kier molecular flexibility index (Phi) is 4.85. The van der Waals surface area contributed by atoms with Crippen molar-refractivity contribution in [2.75, 3.05) is 29.2 Å². The average molecular weight is 276 g/mol. The van der Waals surface area contributed by atoms with Crippen LogP contribution in [0.4, 0.5) is 11.8 Å². The van der Waals surface area contributed by atoms with Crippen LogP contribution >= 0.6 is 11.8 Å². The van der Waals surface area contributed by atoms with E-state index in [1.165, 1.54) is 0 Å². The second kappa shape index (κ2) is 6.61. The van der Waals surface area contributed by atoms with Crippen molar-refractivity contribution in [2.24, 2.45) is 0 Å². The molecule has 2 aromatic rings. The van der Waals surface area contributed by atoms with Gasteiger partial charge in [-0.15, -0.1) is 0 Å². The summed E-state index contributed by atoms with van der Waals surface area (Å²) in [4.78, 5) is 9.08. The Morgan fingerprint density at radius 2 is 2.05 bits per heavy atom. The van der Waals surface area contributed by atoms with Crippen molar-refractivity contribution in [3.8, 4) is 0 Å². The van der Waals surface area contributed by atoms with Crippen molar-refractivity contribution in [3.63, 3.8) is 0 Å². The third-order valence-electron chi connectivity index (χ3n) is 2.74. The highest BCUT2D eigenvalue weighted by atomic mass is 32.2. The molecule has 1 atom stereocenters. The second-order valence-corrected chi connectivity index (χ2v) is 5.35. The molecule has 2 rings (SSSR count). The van der Waals surface area contributed by atoms with E-state index in [9.17, 15) is 0 Å². The van der Waals surface area contributed by atoms with Crippen LogP contribution in [-0.2, 0) is 0 Å². The van der Waals surface area contributed by atoms with E-state index in [1.807, 2.05) is 36.9 Å². The molecule has 0 fully saturated rings. The first-order valence-corrected chi connectivity index (χ1v) is 7.90. The summed E-state index contributed by atoms with van der Waals surface area (Å²) in [5.74, 6) is 2.64. The molecule has 1 aromatic carbocycles. The predicted molar refractivity (Wildman–Crippen MR) is 85.2 cm³/mol. The molecule has 0 aliphatic rings. The van der Waals surface area contributed by atoms with Crippen molar-refractivity contribution >= 4 is 34.4 Å². The van der Waals surface area contributed by atoms with E-state index in [-0.39, 0.29) is 0 Å². The van der Waals surface area contributed by atoms with Gasteiger partial charge in [-0.3, -0.25) is 0 Å². The van der Waals surface area contributed by atoms with E-state index in [4.69, 9.17) is 0 Å². The zero-order valence-electron chi connectivity index (χ0n) is 11.6. The molecule has 0 spiro atoms. The van der Waals surface area contributed by atoms with E-state index < -0.39 is 0 Å². The summed E-state index contributed by atoms with van der Waals surface area (Å²) in [5, 5.41) is 7.72. The van der Waals surface area contributed by atoms with Gasteiger partial charge >= 0.3 is 0 Å². The predicted octanol–water partition coefficient (Wildman–Crippen LogP) is 3.23. The lowest BCUT2D eigenvalue weighted by molar-refractivity contribution is 0.904. The van der Waals surface area contributed by atoms with Gasteiger partial charge in [0.05, 0.1) is 5.52 Å². The van der Waals surface area contributed by atoms with Crippen LogP contribution in [0.25, 0.3) is 10.9 Å². The number of hydrogen-bond acceptors (Lipinski definition) is 5. The smallest absolute Gasteiger partial charge is 0.225 e. The second-order valence-electron chi connectivity index (χ2n) is 4.44. The van der Waals surface area contributed by atoms with E-state index in [0.717, 1.165) is 29.0 Å². The Hall–Kier alpha value is -1.49. The van der Waals surface area contributed by atoms with E-state index in [0.29, 0.717) is 12.0 Å². The van der Waals surface area contributed by atoms with Crippen molar-refractivity contribution in [1.29, 1.82) is 0 Å². The Morgan fingerprint density at radius 3 is 2.79 bits per heavy atom. The van der Waals surface area contributed by atoms with E-state index >= 15 is 0 Å². The summed E-state index contributed by atoms with van der Waals surface area (Å²) in [6.45, 7) is 5.03. The number of para-hydroxylation sites is 1. The quantitative estimate of drug-likeness (QED) is 0.848. The molecule has 2 N–H and O–H groups in total. The molecule has 19 heavy (non-hydrogen) atoms. The van der Waals surface area contributed by atoms with Gasteiger partial charge in [0.1, 0.15) is 5.82 Å². The standard InChI is InChI=1S/C14H20N4S/c1-4-15-14-17-12-8-6-5-7-11(12)13(18-14)16-10(2)9-19-3/h5-8,10H,4,9H2,1-3H3,(H2,15,16,17,18). The summed E-state index contributed by atoms with van der Waals surface area (Å²) in [6.07, 6.45) is 2.11. The number of rotatable bonds is 6. The SMILES string of the molecule is CCNc1nc(NC(C)CSC)c2ccccc2n1. The number of nitrogens with zero attached hydrogens (tertiary/aromatic N) is 2. The van der Waals surface area contributed by atoms with E-state index in [1.54, 1.807) is 0 Å². The number of anilines is 2. The average Bonchev–Trinajstić information content (AvgIpc) is 2.39. The Balaban J connectivity index is 2.38. The van der Waals surface area contributed by atoms with Gasteiger partial charge in [0, 0.05) is 23.7 Å². The van der Waals surface area contributed by atoms with Crippen LogP contribution in [0.3, 0.4) is 0 Å². The summed E-state index contributed by atoms with van der Waals surface area (Å²) < 4.78 is 0. The fraction of sp³-hybridized carbons (Fsp3) is 0.429. The Bertz CT molecular complexity index is 544. The van der Waals surface area contributed by atoms with Gasteiger partial charge in [0.25, 0.3) is 0 Å². The highest BCUT2D eigenvalue weighted by Crippen LogP contribution is 2.22. The lowest BCUT2D eigenvalue weighted by Gasteiger charge is -2.16. The molecule has 1 heterocycles. The molecule has 4 nitrogen and oxygen atoms in total. The van der Waals surface area contributed by atoms with Gasteiger partial charge in [-0.1, -0.05) is 12.1 Å². The highest BCUT2D eigenvalue weighted by Gasteiger charge is 2.09. The topological polar surface area (TPSA) is 49.8 Å². The maximum atomic E-state index is 4.57. The summed E-state index contributed by atoms with van der Waals surface area (Å²) in [5.41, 5.74) is 0.965. The maximum Gasteiger partial charge on any atom is 0.225 e. The molecule has 0 radical (unpaired) electrons. The molecule has 5 heteroatoms. The minimum absolute atomic E-state index is 0.378. The number of hydrogen-bond donors (Lipinski definition) is 2. The van der Waals surface area contributed by atoms with Gasteiger partial charge in [0.2, 0.25) is 5.95 Å². The fourth-order valence-corrected chi connectivity index (χ4v) is 2.53. The molecule has 0 bridgehead atoms.